The lowest BCUT2D eigenvalue weighted by molar-refractivity contribution is -0.149. The molecule has 2 aromatic rings. The summed E-state index contributed by atoms with van der Waals surface area (Å²) in [6, 6.07) is 9.38. The molecule has 0 aliphatic carbocycles. The van der Waals surface area contributed by atoms with Crippen molar-refractivity contribution in [3.05, 3.63) is 41.5 Å². The molecule has 0 heterocycles. The van der Waals surface area contributed by atoms with Crippen molar-refractivity contribution in [1.82, 2.24) is 5.09 Å². The first-order valence-electron chi connectivity index (χ1n) is 12.2. The summed E-state index contributed by atoms with van der Waals surface area (Å²) >= 11 is 6.45. The molecule has 1 unspecified atom stereocenters. The maximum atomic E-state index is 13.5. The number of hydrogen-bond acceptors (Lipinski definition) is 4. The molecular weight excluding hydrogens is 481 g/mol. The molecule has 5 nitrogen and oxygen atoms in total. The molecule has 0 aromatic heterocycles. The summed E-state index contributed by atoms with van der Waals surface area (Å²) < 4.78 is 25.0. The van der Waals surface area contributed by atoms with Crippen LogP contribution in [0.4, 0.5) is 0 Å². The maximum Gasteiger partial charge on any atom is 0.409 e. The SMILES string of the molecule is CC(C)[C@H](NP(=O)(Cl)Oc1cc(C(C)(C)C)cc2ccc(C(C)(C)C)cc12)C(=O)OCC(C)(C)C. The molecule has 0 spiro atoms. The number of hydrogen-bond donors (Lipinski definition) is 1. The van der Waals surface area contributed by atoms with Gasteiger partial charge in [0.1, 0.15) is 11.8 Å². The van der Waals surface area contributed by atoms with Gasteiger partial charge in [0.25, 0.3) is 0 Å². The van der Waals surface area contributed by atoms with E-state index in [1.54, 1.807) is 0 Å². The number of nitrogens with one attached hydrogen (secondary N) is 1. The smallest absolute Gasteiger partial charge is 0.409 e. The molecule has 35 heavy (non-hydrogen) atoms. The van der Waals surface area contributed by atoms with Gasteiger partial charge >= 0.3 is 12.8 Å². The van der Waals surface area contributed by atoms with Crippen LogP contribution < -0.4 is 9.61 Å². The normalized spacial score (nSPS) is 15.7. The Labute approximate surface area is 216 Å². The van der Waals surface area contributed by atoms with E-state index in [1.165, 1.54) is 0 Å². The first kappa shape index (κ1) is 29.7. The number of rotatable bonds is 7. The highest BCUT2D eigenvalue weighted by Crippen LogP contribution is 2.51. The Kier molecular flexibility index (Phi) is 8.85. The summed E-state index contributed by atoms with van der Waals surface area (Å²) in [7, 11) is 0. The van der Waals surface area contributed by atoms with Crippen molar-refractivity contribution in [3.8, 4) is 5.75 Å². The lowest BCUT2D eigenvalue weighted by atomic mass is 9.83. The van der Waals surface area contributed by atoms with Crippen LogP contribution in [0.5, 0.6) is 5.75 Å². The second-order valence-electron chi connectivity index (χ2n) is 13.0. The molecule has 0 radical (unpaired) electrons. The third kappa shape index (κ3) is 8.51. The second-order valence-corrected chi connectivity index (χ2v) is 15.7. The van der Waals surface area contributed by atoms with Gasteiger partial charge < -0.3 is 9.26 Å². The Morgan fingerprint density at radius 1 is 0.943 bits per heavy atom. The molecule has 0 amide bonds. The largest absolute Gasteiger partial charge is 0.464 e. The minimum Gasteiger partial charge on any atom is -0.464 e. The van der Waals surface area contributed by atoms with E-state index in [1.807, 2.05) is 40.7 Å². The number of benzene rings is 2. The van der Waals surface area contributed by atoms with Gasteiger partial charge in [0.15, 0.2) is 0 Å². The van der Waals surface area contributed by atoms with Crippen LogP contribution in [0, 0.1) is 11.3 Å². The molecule has 7 heteroatoms. The average Bonchev–Trinajstić information content (AvgIpc) is 2.67. The lowest BCUT2D eigenvalue weighted by Crippen LogP contribution is -2.41. The molecule has 196 valence electrons. The Morgan fingerprint density at radius 3 is 2.00 bits per heavy atom. The van der Waals surface area contributed by atoms with E-state index < -0.39 is 18.9 Å². The van der Waals surface area contributed by atoms with Crippen molar-refractivity contribution in [2.24, 2.45) is 11.3 Å². The Hall–Kier alpha value is -1.55. The topological polar surface area (TPSA) is 64.6 Å². The summed E-state index contributed by atoms with van der Waals surface area (Å²) in [6.07, 6.45) is 0. The van der Waals surface area contributed by atoms with Gasteiger partial charge in [0.05, 0.1) is 6.61 Å². The molecule has 0 fully saturated rings. The van der Waals surface area contributed by atoms with Gasteiger partial charge in [-0.25, -0.2) is 9.65 Å². The number of fused-ring (bicyclic) bond motifs is 1. The average molecular weight is 524 g/mol. The molecule has 2 atom stereocenters. The van der Waals surface area contributed by atoms with Crippen molar-refractivity contribution in [3.63, 3.8) is 0 Å². The van der Waals surface area contributed by atoms with Gasteiger partial charge in [-0.2, -0.15) is 0 Å². The summed E-state index contributed by atoms with van der Waals surface area (Å²) in [5.41, 5.74) is 1.74. The highest BCUT2D eigenvalue weighted by molar-refractivity contribution is 7.84. The zero-order chi connectivity index (χ0) is 27.0. The van der Waals surface area contributed by atoms with Crippen molar-refractivity contribution in [1.29, 1.82) is 0 Å². The van der Waals surface area contributed by atoms with E-state index in [9.17, 15) is 9.36 Å². The maximum absolute atomic E-state index is 13.5. The molecule has 1 N–H and O–H groups in total. The highest BCUT2D eigenvalue weighted by atomic mass is 35.7. The van der Waals surface area contributed by atoms with Crippen molar-refractivity contribution >= 4 is 34.9 Å². The van der Waals surface area contributed by atoms with Crippen LogP contribution in [0.15, 0.2) is 30.3 Å². The van der Waals surface area contributed by atoms with Crippen molar-refractivity contribution < 1.29 is 18.6 Å². The van der Waals surface area contributed by atoms with Crippen LogP contribution in [0.2, 0.25) is 0 Å². The molecule has 0 bridgehead atoms. The third-order valence-corrected chi connectivity index (χ3v) is 7.24. The molecule has 0 aliphatic rings. The summed E-state index contributed by atoms with van der Waals surface area (Å²) in [5, 5.41) is 4.57. The first-order valence-corrected chi connectivity index (χ1v) is 14.8. The predicted molar refractivity (Wildman–Crippen MR) is 148 cm³/mol. The zero-order valence-electron chi connectivity index (χ0n) is 23.2. The standard InChI is InChI=1S/C28H43ClNO4P/c1-18(2)24(25(31)33-17-26(3,4)5)30-35(29,32)34-23-16-21(28(9,10)11)14-19-12-13-20(15-22(19)23)27(6,7)8/h12-16,18,24H,17H2,1-11H3,(H,30,32)/t24-,35?/m0/s1. The van der Waals surface area contributed by atoms with E-state index in [4.69, 9.17) is 20.5 Å². The molecule has 0 aliphatic heterocycles. The van der Waals surface area contributed by atoms with Crippen molar-refractivity contribution in [2.45, 2.75) is 93.0 Å². The van der Waals surface area contributed by atoms with Gasteiger partial charge in [0, 0.05) is 16.6 Å². The van der Waals surface area contributed by atoms with Gasteiger partial charge in [-0.3, -0.25) is 4.79 Å². The van der Waals surface area contributed by atoms with Crippen molar-refractivity contribution in [2.75, 3.05) is 6.61 Å². The van der Waals surface area contributed by atoms with Gasteiger partial charge in [0.2, 0.25) is 0 Å². The Bertz CT molecular complexity index is 1110. The van der Waals surface area contributed by atoms with Crippen LogP contribution in [0.3, 0.4) is 0 Å². The summed E-state index contributed by atoms with van der Waals surface area (Å²) in [4.78, 5) is 12.8. The fourth-order valence-corrected chi connectivity index (χ4v) is 5.20. The fraction of sp³-hybridized carbons (Fsp3) is 0.607. The zero-order valence-corrected chi connectivity index (χ0v) is 24.9. The van der Waals surface area contributed by atoms with Crippen LogP contribution in [0.25, 0.3) is 10.8 Å². The molecule has 2 aromatic carbocycles. The summed E-state index contributed by atoms with van der Waals surface area (Å²) in [5.74, 6) is -0.277. The van der Waals surface area contributed by atoms with E-state index in [0.29, 0.717) is 5.75 Å². The quantitative estimate of drug-likeness (QED) is 0.291. The van der Waals surface area contributed by atoms with Crippen LogP contribution in [-0.2, 0) is 24.9 Å². The van der Waals surface area contributed by atoms with E-state index >= 15 is 0 Å². The second kappa shape index (κ2) is 10.4. The third-order valence-electron chi connectivity index (χ3n) is 5.73. The van der Waals surface area contributed by atoms with E-state index in [0.717, 1.165) is 21.9 Å². The van der Waals surface area contributed by atoms with Gasteiger partial charge in [-0.1, -0.05) is 94.4 Å². The molecular formula is C28H43ClNO4P. The van der Waals surface area contributed by atoms with Crippen LogP contribution in [-0.4, -0.2) is 18.6 Å². The molecule has 0 saturated heterocycles. The monoisotopic (exact) mass is 523 g/mol. The minimum absolute atomic E-state index is 0.0728. The number of carbonyl (C=O) groups is 1. The number of esters is 1. The van der Waals surface area contributed by atoms with Gasteiger partial charge in [-0.05, 0) is 50.8 Å². The Balaban J connectivity index is 2.48. The first-order chi connectivity index (χ1) is 15.7. The van der Waals surface area contributed by atoms with Crippen LogP contribution in [0.1, 0.15) is 87.3 Å². The fourth-order valence-electron chi connectivity index (χ4n) is 3.47. The summed E-state index contributed by atoms with van der Waals surface area (Å²) in [6.45, 7) is 18.7. The molecule has 2 rings (SSSR count). The lowest BCUT2D eigenvalue weighted by Gasteiger charge is -2.27. The number of carbonyl (C=O) groups excluding carboxylic acids is 1. The molecule has 0 saturated carbocycles. The van der Waals surface area contributed by atoms with E-state index in [-0.39, 0.29) is 28.8 Å². The predicted octanol–water partition coefficient (Wildman–Crippen LogP) is 8.36. The minimum atomic E-state index is -3.95. The van der Waals surface area contributed by atoms with Crippen LogP contribution >= 0.6 is 18.1 Å². The highest BCUT2D eigenvalue weighted by Gasteiger charge is 2.34. The van der Waals surface area contributed by atoms with E-state index in [2.05, 4.69) is 70.9 Å². The Morgan fingerprint density at radius 2 is 1.51 bits per heavy atom. The number of halogens is 1. The number of ether oxygens (including phenoxy) is 1. The van der Waals surface area contributed by atoms with Gasteiger partial charge in [-0.15, -0.1) is 0 Å².